The molecule has 0 spiro atoms. The molecule has 0 saturated heterocycles. The number of aromatic nitrogens is 1. The molecule has 0 saturated carbocycles. The number of rotatable bonds is 6. The lowest BCUT2D eigenvalue weighted by Gasteiger charge is -2.26. The molecule has 6 N–H and O–H groups in total. The Bertz CT molecular complexity index is 1040. The molecular weight excluding hydrogens is 417 g/mol. The Hall–Kier alpha value is -3.57. The maximum atomic E-state index is 14.5. The Labute approximate surface area is 184 Å². The van der Waals surface area contributed by atoms with Crippen molar-refractivity contribution < 1.29 is 18.7 Å². The third-order valence-electron chi connectivity index (χ3n) is 5.01. The molecule has 11 heteroatoms. The van der Waals surface area contributed by atoms with Gasteiger partial charge in [-0.15, -0.1) is 0 Å². The number of amidine groups is 1. The Morgan fingerprint density at radius 1 is 1.38 bits per heavy atom. The molecule has 0 bridgehead atoms. The van der Waals surface area contributed by atoms with Gasteiger partial charge in [-0.3, -0.25) is 14.6 Å². The normalized spacial score (nSPS) is 14.3. The zero-order chi connectivity index (χ0) is 23.3. The number of hydrazone groups is 1. The lowest BCUT2D eigenvalue weighted by atomic mass is 9.98. The number of fused-ring (bicyclic) bond motifs is 1. The van der Waals surface area contributed by atoms with Gasteiger partial charge in [0.2, 0.25) is 0 Å². The summed E-state index contributed by atoms with van der Waals surface area (Å²) < 4.78 is 19.5. The molecule has 1 atom stereocenters. The van der Waals surface area contributed by atoms with Crippen molar-refractivity contribution in [3.05, 3.63) is 58.5 Å². The molecule has 1 aliphatic rings. The van der Waals surface area contributed by atoms with E-state index in [-0.39, 0.29) is 29.5 Å². The number of amides is 1. The third-order valence-corrected chi connectivity index (χ3v) is 5.01. The Morgan fingerprint density at radius 3 is 2.88 bits per heavy atom. The molecule has 170 valence electrons. The summed E-state index contributed by atoms with van der Waals surface area (Å²) in [6, 6.07) is 7.30. The molecule has 32 heavy (non-hydrogen) atoms. The first-order valence-electron chi connectivity index (χ1n) is 10.1. The minimum atomic E-state index is -0.625. The van der Waals surface area contributed by atoms with Gasteiger partial charge in [-0.05, 0) is 55.3 Å². The third kappa shape index (κ3) is 5.37. The van der Waals surface area contributed by atoms with Crippen LogP contribution in [-0.4, -0.2) is 46.9 Å². The van der Waals surface area contributed by atoms with Crippen LogP contribution >= 0.6 is 0 Å². The number of hydrazine groups is 1. The fraction of sp³-hybridized carbons (Fsp3) is 0.333. The van der Waals surface area contributed by atoms with E-state index in [0.717, 1.165) is 17.7 Å². The van der Waals surface area contributed by atoms with Crippen LogP contribution in [0, 0.1) is 5.82 Å². The smallest absolute Gasteiger partial charge is 0.302 e. The fourth-order valence-corrected chi connectivity index (χ4v) is 3.28. The van der Waals surface area contributed by atoms with Crippen molar-refractivity contribution in [2.75, 3.05) is 18.5 Å². The Morgan fingerprint density at radius 2 is 2.16 bits per heavy atom. The summed E-state index contributed by atoms with van der Waals surface area (Å²) in [7, 11) is 0. The summed E-state index contributed by atoms with van der Waals surface area (Å²) in [5.74, 6) is 10.2. The van der Waals surface area contributed by atoms with Crippen LogP contribution in [0.25, 0.3) is 0 Å². The highest BCUT2D eigenvalue weighted by atomic mass is 19.1. The minimum Gasteiger partial charge on any atom is -0.464 e. The van der Waals surface area contributed by atoms with E-state index in [1.807, 2.05) is 0 Å². The zero-order valence-corrected chi connectivity index (χ0v) is 17.9. The molecule has 2 heterocycles. The SMILES string of the molecule is CC(=O)OCC(C)N(N)/C(=N\N)c1cccc(NC(=O)c2cc3c(cc2F)CCNC3)n1. The first kappa shape index (κ1) is 23.1. The number of carbonyl (C=O) groups is 2. The summed E-state index contributed by atoms with van der Waals surface area (Å²) >= 11 is 0. The molecule has 1 aliphatic heterocycles. The van der Waals surface area contributed by atoms with Crippen molar-refractivity contribution in [3.8, 4) is 0 Å². The highest BCUT2D eigenvalue weighted by molar-refractivity contribution is 6.04. The minimum absolute atomic E-state index is 0.0216. The van der Waals surface area contributed by atoms with Gasteiger partial charge < -0.3 is 21.2 Å². The van der Waals surface area contributed by atoms with Crippen LogP contribution in [0.5, 0.6) is 0 Å². The maximum Gasteiger partial charge on any atom is 0.302 e. The fourth-order valence-electron chi connectivity index (χ4n) is 3.28. The summed E-state index contributed by atoms with van der Waals surface area (Å²) in [6.45, 7) is 4.39. The van der Waals surface area contributed by atoms with Gasteiger partial charge in [-0.25, -0.2) is 15.2 Å². The number of anilines is 1. The molecule has 0 aliphatic carbocycles. The highest BCUT2D eigenvalue weighted by Gasteiger charge is 2.21. The quantitative estimate of drug-likeness (QED) is 0.169. The van der Waals surface area contributed by atoms with Crippen molar-refractivity contribution >= 4 is 23.5 Å². The van der Waals surface area contributed by atoms with Crippen LogP contribution in [0.3, 0.4) is 0 Å². The Kier molecular flexibility index (Phi) is 7.33. The average molecular weight is 443 g/mol. The van der Waals surface area contributed by atoms with E-state index in [0.29, 0.717) is 13.0 Å². The van der Waals surface area contributed by atoms with Gasteiger partial charge in [-0.2, -0.15) is 5.10 Å². The molecule has 3 rings (SSSR count). The monoisotopic (exact) mass is 443 g/mol. The molecule has 1 unspecified atom stereocenters. The largest absolute Gasteiger partial charge is 0.464 e. The first-order valence-corrected chi connectivity index (χ1v) is 10.1. The topological polar surface area (TPSA) is 148 Å². The van der Waals surface area contributed by atoms with E-state index in [4.69, 9.17) is 16.4 Å². The molecule has 1 aromatic carbocycles. The number of nitrogens with one attached hydrogen (secondary N) is 2. The zero-order valence-electron chi connectivity index (χ0n) is 17.9. The lowest BCUT2D eigenvalue weighted by Crippen LogP contribution is -2.47. The van der Waals surface area contributed by atoms with Crippen molar-refractivity contribution in [2.24, 2.45) is 16.8 Å². The van der Waals surface area contributed by atoms with Crippen molar-refractivity contribution in [3.63, 3.8) is 0 Å². The van der Waals surface area contributed by atoms with Gasteiger partial charge >= 0.3 is 5.97 Å². The van der Waals surface area contributed by atoms with Crippen molar-refractivity contribution in [2.45, 2.75) is 32.9 Å². The van der Waals surface area contributed by atoms with Gasteiger partial charge in [0.15, 0.2) is 5.84 Å². The summed E-state index contributed by atoms with van der Waals surface area (Å²) in [4.78, 5) is 28.1. The van der Waals surface area contributed by atoms with Crippen LogP contribution < -0.4 is 22.3 Å². The van der Waals surface area contributed by atoms with Crippen molar-refractivity contribution in [1.29, 1.82) is 0 Å². The number of ether oxygens (including phenoxy) is 1. The van der Waals surface area contributed by atoms with Crippen molar-refractivity contribution in [1.82, 2.24) is 15.3 Å². The van der Waals surface area contributed by atoms with E-state index in [9.17, 15) is 14.0 Å². The van der Waals surface area contributed by atoms with E-state index < -0.39 is 23.7 Å². The van der Waals surface area contributed by atoms with Gasteiger partial charge in [0.1, 0.15) is 23.9 Å². The van der Waals surface area contributed by atoms with Crippen LogP contribution in [0.1, 0.15) is 41.0 Å². The number of halogens is 1. The number of hydrogen-bond donors (Lipinski definition) is 4. The van der Waals surface area contributed by atoms with Crippen LogP contribution in [0.2, 0.25) is 0 Å². The molecule has 2 aromatic rings. The number of esters is 1. The molecule has 10 nitrogen and oxygen atoms in total. The van der Waals surface area contributed by atoms with E-state index in [1.54, 1.807) is 31.2 Å². The number of pyridine rings is 1. The molecule has 0 fully saturated rings. The molecule has 1 aromatic heterocycles. The molecule has 1 amide bonds. The van der Waals surface area contributed by atoms with E-state index >= 15 is 0 Å². The second-order valence-corrected chi connectivity index (χ2v) is 7.40. The second kappa shape index (κ2) is 10.2. The van der Waals surface area contributed by atoms with Crippen LogP contribution in [0.15, 0.2) is 35.4 Å². The average Bonchev–Trinajstić information content (AvgIpc) is 2.77. The summed E-state index contributed by atoms with van der Waals surface area (Å²) in [5.41, 5.74) is 2.00. The number of benzene rings is 1. The summed E-state index contributed by atoms with van der Waals surface area (Å²) in [6.07, 6.45) is 0.713. The number of hydrogen-bond acceptors (Lipinski definition) is 8. The molecule has 0 radical (unpaired) electrons. The van der Waals surface area contributed by atoms with Gasteiger partial charge in [0, 0.05) is 13.5 Å². The van der Waals surface area contributed by atoms with Gasteiger partial charge in [0.25, 0.3) is 5.91 Å². The second-order valence-electron chi connectivity index (χ2n) is 7.40. The van der Waals surface area contributed by atoms with E-state index in [1.165, 1.54) is 18.0 Å². The van der Waals surface area contributed by atoms with Gasteiger partial charge in [-0.1, -0.05) is 6.07 Å². The molecular formula is C21H26FN7O3. The predicted octanol–water partition coefficient (Wildman–Crippen LogP) is 0.866. The Balaban J connectivity index is 1.77. The lowest BCUT2D eigenvalue weighted by molar-refractivity contribution is -0.142. The summed E-state index contributed by atoms with van der Waals surface area (Å²) in [5, 5.41) is 10.7. The number of carbonyl (C=O) groups excluding carboxylic acids is 2. The number of nitrogens with zero attached hydrogens (tertiary/aromatic N) is 3. The van der Waals surface area contributed by atoms with E-state index in [2.05, 4.69) is 20.7 Å². The van der Waals surface area contributed by atoms with Crippen LogP contribution in [-0.2, 0) is 22.5 Å². The number of nitrogens with two attached hydrogens (primary N) is 2. The first-order chi connectivity index (χ1) is 15.3. The van der Waals surface area contributed by atoms with Gasteiger partial charge in [0.05, 0.1) is 11.6 Å². The van der Waals surface area contributed by atoms with Crippen LogP contribution in [0.4, 0.5) is 10.2 Å². The predicted molar refractivity (Wildman–Crippen MR) is 117 cm³/mol. The standard InChI is InChI=1S/C21H26FN7O3/c1-12(11-32-13(2)30)29(24)20(28-23)18-4-3-5-19(26-18)27-21(31)16-8-15-10-25-7-6-14(15)9-17(16)22/h3-5,8-9,12,25H,6-7,10-11,23-24H2,1-2H3,(H,26,27,31)/b28-20-. The maximum absolute atomic E-state index is 14.5. The highest BCUT2D eigenvalue weighted by Crippen LogP contribution is 2.20.